The second-order valence-electron chi connectivity index (χ2n) is 7.20. The van der Waals surface area contributed by atoms with Crippen molar-refractivity contribution >= 4 is 23.3 Å². The number of hydrogen-bond donors (Lipinski definition) is 0. The molecule has 154 valence electrons. The molecule has 30 heavy (non-hydrogen) atoms. The molecule has 5 nitrogen and oxygen atoms in total. The molecular formula is C24H25N3O2S. The molecule has 1 aliphatic heterocycles. The van der Waals surface area contributed by atoms with E-state index in [0.29, 0.717) is 12.2 Å². The summed E-state index contributed by atoms with van der Waals surface area (Å²) in [7, 11) is 0. The van der Waals surface area contributed by atoms with Crippen LogP contribution in [0.5, 0.6) is 5.75 Å². The van der Waals surface area contributed by atoms with Crippen LogP contribution in [0.2, 0.25) is 0 Å². The topological polar surface area (TPSA) is 45.7 Å². The van der Waals surface area contributed by atoms with Gasteiger partial charge < -0.3 is 9.64 Å². The molecule has 3 aromatic rings. The largest absolute Gasteiger partial charge is 0.487 e. The van der Waals surface area contributed by atoms with Gasteiger partial charge in [0.25, 0.3) is 5.91 Å². The van der Waals surface area contributed by atoms with Gasteiger partial charge in [-0.05, 0) is 29.8 Å². The van der Waals surface area contributed by atoms with Crippen molar-refractivity contribution in [2.24, 2.45) is 0 Å². The maximum atomic E-state index is 12.8. The quantitative estimate of drug-likeness (QED) is 0.576. The molecule has 1 fully saturated rings. The number of hydrogen-bond acceptors (Lipinski definition) is 5. The standard InChI is InChI=1S/C24H25N3O2S/c28-24(21-8-10-23(11-9-21)29-17-22-18-30-19-25-22)27-15-13-26(14-16-27)12-4-7-20-5-2-1-3-6-20/h1-11,18-19H,12-17H2/b7-4+. The number of nitrogens with zero attached hydrogens (tertiary/aromatic N) is 3. The Morgan fingerprint density at radius 2 is 1.80 bits per heavy atom. The van der Waals surface area contributed by atoms with Crippen molar-refractivity contribution in [2.75, 3.05) is 32.7 Å². The van der Waals surface area contributed by atoms with E-state index in [9.17, 15) is 4.79 Å². The Bertz CT molecular complexity index is 948. The minimum absolute atomic E-state index is 0.0838. The lowest BCUT2D eigenvalue weighted by Gasteiger charge is -2.34. The summed E-state index contributed by atoms with van der Waals surface area (Å²) in [4.78, 5) is 21.3. The molecule has 0 bridgehead atoms. The maximum Gasteiger partial charge on any atom is 0.253 e. The highest BCUT2D eigenvalue weighted by atomic mass is 32.1. The lowest BCUT2D eigenvalue weighted by Crippen LogP contribution is -2.48. The molecule has 1 amide bonds. The van der Waals surface area contributed by atoms with E-state index in [1.807, 2.05) is 52.7 Å². The van der Waals surface area contributed by atoms with E-state index in [4.69, 9.17) is 4.74 Å². The van der Waals surface area contributed by atoms with Crippen LogP contribution in [0.15, 0.2) is 71.6 Å². The number of rotatable bonds is 7. The van der Waals surface area contributed by atoms with Crippen LogP contribution in [0.4, 0.5) is 0 Å². The zero-order chi connectivity index (χ0) is 20.6. The SMILES string of the molecule is O=C(c1ccc(OCc2cscn2)cc1)N1CCN(C/C=C/c2ccccc2)CC1. The van der Waals surface area contributed by atoms with E-state index in [1.165, 1.54) is 5.56 Å². The highest BCUT2D eigenvalue weighted by Gasteiger charge is 2.21. The Labute approximate surface area is 181 Å². The van der Waals surface area contributed by atoms with Gasteiger partial charge in [0.2, 0.25) is 0 Å². The molecule has 1 aromatic heterocycles. The molecule has 2 heterocycles. The maximum absolute atomic E-state index is 12.8. The Hall–Kier alpha value is -2.96. The van der Waals surface area contributed by atoms with Crippen molar-refractivity contribution < 1.29 is 9.53 Å². The first kappa shape index (κ1) is 20.3. The zero-order valence-electron chi connectivity index (χ0n) is 16.8. The third kappa shape index (κ3) is 5.55. The van der Waals surface area contributed by atoms with Crippen LogP contribution >= 0.6 is 11.3 Å². The number of ether oxygens (including phenoxy) is 1. The molecular weight excluding hydrogens is 394 g/mol. The van der Waals surface area contributed by atoms with Gasteiger partial charge in [-0.25, -0.2) is 4.98 Å². The zero-order valence-corrected chi connectivity index (χ0v) is 17.6. The minimum Gasteiger partial charge on any atom is -0.487 e. The fourth-order valence-electron chi connectivity index (χ4n) is 3.38. The molecule has 0 aliphatic carbocycles. The number of piperazine rings is 1. The van der Waals surface area contributed by atoms with Crippen LogP contribution in [0.25, 0.3) is 6.08 Å². The molecule has 4 rings (SSSR count). The van der Waals surface area contributed by atoms with Gasteiger partial charge in [-0.1, -0.05) is 42.5 Å². The van der Waals surface area contributed by atoms with E-state index in [-0.39, 0.29) is 5.91 Å². The van der Waals surface area contributed by atoms with Crippen molar-refractivity contribution in [1.29, 1.82) is 0 Å². The van der Waals surface area contributed by atoms with Crippen LogP contribution in [0.3, 0.4) is 0 Å². The van der Waals surface area contributed by atoms with E-state index < -0.39 is 0 Å². The summed E-state index contributed by atoms with van der Waals surface area (Å²) >= 11 is 1.55. The monoisotopic (exact) mass is 419 g/mol. The van der Waals surface area contributed by atoms with Gasteiger partial charge in [-0.3, -0.25) is 9.69 Å². The summed E-state index contributed by atoms with van der Waals surface area (Å²) in [6.45, 7) is 4.62. The fourth-order valence-corrected chi connectivity index (χ4v) is 3.92. The molecule has 2 aromatic carbocycles. The number of aromatic nitrogens is 1. The Balaban J connectivity index is 1.23. The highest BCUT2D eigenvalue weighted by Crippen LogP contribution is 2.16. The summed E-state index contributed by atoms with van der Waals surface area (Å²) in [5, 5.41) is 1.97. The molecule has 0 spiro atoms. The van der Waals surface area contributed by atoms with Gasteiger partial charge in [0, 0.05) is 43.7 Å². The molecule has 6 heteroatoms. The normalized spacial score (nSPS) is 14.9. The second kappa shape index (κ2) is 10.2. The molecule has 0 radical (unpaired) electrons. The third-order valence-corrected chi connectivity index (χ3v) is 5.74. The summed E-state index contributed by atoms with van der Waals surface area (Å²) in [6.07, 6.45) is 4.34. The molecule has 1 aliphatic rings. The number of thiazole rings is 1. The van der Waals surface area contributed by atoms with Crippen molar-refractivity contribution in [3.05, 3.63) is 88.4 Å². The fraction of sp³-hybridized carbons (Fsp3) is 0.250. The summed E-state index contributed by atoms with van der Waals surface area (Å²) in [6, 6.07) is 17.7. The Morgan fingerprint density at radius 3 is 2.50 bits per heavy atom. The first-order valence-electron chi connectivity index (χ1n) is 10.1. The average Bonchev–Trinajstić information content (AvgIpc) is 3.33. The van der Waals surface area contributed by atoms with Crippen LogP contribution in [-0.2, 0) is 6.61 Å². The van der Waals surface area contributed by atoms with Gasteiger partial charge in [-0.2, -0.15) is 0 Å². The molecule has 0 saturated carbocycles. The molecule has 1 saturated heterocycles. The number of amides is 1. The van der Waals surface area contributed by atoms with Gasteiger partial charge in [0.1, 0.15) is 12.4 Å². The van der Waals surface area contributed by atoms with Crippen molar-refractivity contribution in [2.45, 2.75) is 6.61 Å². The van der Waals surface area contributed by atoms with Crippen molar-refractivity contribution in [1.82, 2.24) is 14.8 Å². The van der Waals surface area contributed by atoms with Gasteiger partial charge in [0.15, 0.2) is 0 Å². The number of carbonyl (C=O) groups is 1. The Kier molecular flexibility index (Phi) is 6.90. The van der Waals surface area contributed by atoms with Gasteiger partial charge in [-0.15, -0.1) is 11.3 Å². The van der Waals surface area contributed by atoms with Crippen LogP contribution in [0.1, 0.15) is 21.6 Å². The minimum atomic E-state index is 0.0838. The van der Waals surface area contributed by atoms with Crippen LogP contribution in [-0.4, -0.2) is 53.4 Å². The van der Waals surface area contributed by atoms with E-state index in [1.54, 1.807) is 16.8 Å². The smallest absolute Gasteiger partial charge is 0.253 e. The van der Waals surface area contributed by atoms with E-state index in [2.05, 4.69) is 34.2 Å². The van der Waals surface area contributed by atoms with E-state index in [0.717, 1.165) is 44.2 Å². The molecule has 0 atom stereocenters. The van der Waals surface area contributed by atoms with Crippen LogP contribution < -0.4 is 4.74 Å². The summed E-state index contributed by atoms with van der Waals surface area (Å²) < 4.78 is 5.72. The average molecular weight is 420 g/mol. The first-order chi connectivity index (χ1) is 14.8. The van der Waals surface area contributed by atoms with E-state index >= 15 is 0 Å². The molecule has 0 N–H and O–H groups in total. The predicted octanol–water partition coefficient (Wildman–Crippen LogP) is 4.19. The number of carbonyl (C=O) groups excluding carboxylic acids is 1. The van der Waals surface area contributed by atoms with Gasteiger partial charge in [0.05, 0.1) is 11.2 Å². The van der Waals surface area contributed by atoms with Gasteiger partial charge >= 0.3 is 0 Å². The predicted molar refractivity (Wildman–Crippen MR) is 121 cm³/mol. The Morgan fingerprint density at radius 1 is 1.03 bits per heavy atom. The van der Waals surface area contributed by atoms with Crippen molar-refractivity contribution in [3.8, 4) is 5.75 Å². The summed E-state index contributed by atoms with van der Waals surface area (Å²) in [5.74, 6) is 0.829. The lowest BCUT2D eigenvalue weighted by molar-refractivity contribution is 0.0650. The highest BCUT2D eigenvalue weighted by molar-refractivity contribution is 7.07. The van der Waals surface area contributed by atoms with Crippen molar-refractivity contribution in [3.63, 3.8) is 0 Å². The van der Waals surface area contributed by atoms with Crippen LogP contribution in [0, 0.1) is 0 Å². The number of benzene rings is 2. The summed E-state index contributed by atoms with van der Waals surface area (Å²) in [5.41, 5.74) is 4.62. The third-order valence-electron chi connectivity index (χ3n) is 5.10. The molecule has 0 unspecified atom stereocenters. The lowest BCUT2D eigenvalue weighted by atomic mass is 10.1. The first-order valence-corrected chi connectivity index (χ1v) is 11.1. The second-order valence-corrected chi connectivity index (χ2v) is 7.92.